The van der Waals surface area contributed by atoms with E-state index in [2.05, 4.69) is 5.10 Å². The van der Waals surface area contributed by atoms with Gasteiger partial charge in [-0.15, -0.1) is 0 Å². The first kappa shape index (κ1) is 14.1. The Hall–Kier alpha value is -1.37. The number of aryl methyl sites for hydroxylation is 1. The van der Waals surface area contributed by atoms with E-state index < -0.39 is 12.9 Å². The molecule has 0 unspecified atom stereocenters. The number of hydrogen-bond acceptors (Lipinski definition) is 3. The Labute approximate surface area is 115 Å². The maximum absolute atomic E-state index is 13.8. The maximum Gasteiger partial charge on any atom is 0.488 e. The third kappa shape index (κ3) is 2.81. The molecule has 0 aliphatic rings. The lowest BCUT2D eigenvalue weighted by atomic mass is 9.80. The maximum atomic E-state index is 13.8. The first-order valence-corrected chi connectivity index (χ1v) is 6.12. The van der Waals surface area contributed by atoms with Crippen molar-refractivity contribution in [3.8, 4) is 0 Å². The van der Waals surface area contributed by atoms with Gasteiger partial charge in [0.1, 0.15) is 5.82 Å². The molecule has 0 saturated heterocycles. The van der Waals surface area contributed by atoms with Crippen molar-refractivity contribution in [3.63, 3.8) is 0 Å². The van der Waals surface area contributed by atoms with Gasteiger partial charge in [-0.3, -0.25) is 4.68 Å². The molecule has 0 aliphatic carbocycles. The zero-order valence-electron chi connectivity index (χ0n) is 10.6. The molecule has 0 saturated carbocycles. The number of nitrogens with zero attached hydrogens (tertiary/aromatic N) is 2. The van der Waals surface area contributed by atoms with Crippen molar-refractivity contribution in [1.29, 1.82) is 0 Å². The second-order valence-corrected chi connectivity index (χ2v) is 4.74. The molecule has 0 radical (unpaired) electrons. The van der Waals surface area contributed by atoms with Gasteiger partial charge in [-0.25, -0.2) is 4.39 Å². The van der Waals surface area contributed by atoms with Crippen molar-refractivity contribution in [2.75, 3.05) is 0 Å². The highest BCUT2D eigenvalue weighted by Gasteiger charge is 2.15. The average molecular weight is 283 g/mol. The molecular formula is C12H13BClFN2O2. The fourth-order valence-corrected chi connectivity index (χ4v) is 1.98. The van der Waals surface area contributed by atoms with Crippen LogP contribution in [0, 0.1) is 19.7 Å². The van der Waals surface area contributed by atoms with E-state index in [1.807, 2.05) is 6.92 Å². The molecule has 4 nitrogen and oxygen atoms in total. The summed E-state index contributed by atoms with van der Waals surface area (Å²) in [4.78, 5) is 0. The molecule has 1 aromatic carbocycles. The van der Waals surface area contributed by atoms with Gasteiger partial charge in [0.25, 0.3) is 0 Å². The lowest BCUT2D eigenvalue weighted by Gasteiger charge is -2.07. The second-order valence-electron chi connectivity index (χ2n) is 4.37. The van der Waals surface area contributed by atoms with Crippen LogP contribution in [0.1, 0.15) is 17.0 Å². The Morgan fingerprint density at radius 1 is 1.37 bits per heavy atom. The molecule has 1 heterocycles. The number of hydrogen-bond donors (Lipinski definition) is 2. The summed E-state index contributed by atoms with van der Waals surface area (Å²) in [6.07, 6.45) is 0. The molecule has 19 heavy (non-hydrogen) atoms. The van der Waals surface area contributed by atoms with Crippen LogP contribution in [0.4, 0.5) is 4.39 Å². The van der Waals surface area contributed by atoms with Gasteiger partial charge in [-0.1, -0.05) is 23.7 Å². The third-order valence-corrected chi connectivity index (χ3v) is 3.54. The van der Waals surface area contributed by atoms with Crippen molar-refractivity contribution in [3.05, 3.63) is 46.0 Å². The molecule has 0 fully saturated rings. The van der Waals surface area contributed by atoms with Crippen LogP contribution in [0.5, 0.6) is 0 Å². The summed E-state index contributed by atoms with van der Waals surface area (Å²) in [6.45, 7) is 3.84. The minimum absolute atomic E-state index is 0.118. The van der Waals surface area contributed by atoms with Gasteiger partial charge in [0, 0.05) is 5.56 Å². The molecule has 7 heteroatoms. The molecule has 0 amide bonds. The number of benzene rings is 1. The summed E-state index contributed by atoms with van der Waals surface area (Å²) in [7, 11) is -1.67. The highest BCUT2D eigenvalue weighted by atomic mass is 35.5. The van der Waals surface area contributed by atoms with Crippen molar-refractivity contribution in [2.45, 2.75) is 20.4 Å². The summed E-state index contributed by atoms with van der Waals surface area (Å²) in [5.41, 5.74) is 1.99. The van der Waals surface area contributed by atoms with E-state index in [1.54, 1.807) is 11.6 Å². The number of rotatable bonds is 3. The van der Waals surface area contributed by atoms with Crippen LogP contribution < -0.4 is 5.46 Å². The molecule has 2 rings (SSSR count). The zero-order valence-corrected chi connectivity index (χ0v) is 11.3. The molecule has 0 bridgehead atoms. The predicted molar refractivity (Wildman–Crippen MR) is 72.0 cm³/mol. The number of aromatic nitrogens is 2. The first-order valence-electron chi connectivity index (χ1n) is 5.74. The molecule has 1 aromatic heterocycles. The van der Waals surface area contributed by atoms with E-state index in [4.69, 9.17) is 21.6 Å². The van der Waals surface area contributed by atoms with E-state index in [0.717, 1.165) is 11.8 Å². The van der Waals surface area contributed by atoms with Gasteiger partial charge in [0.05, 0.1) is 23.0 Å². The molecule has 2 N–H and O–H groups in total. The van der Waals surface area contributed by atoms with E-state index in [-0.39, 0.29) is 12.0 Å². The second kappa shape index (κ2) is 5.32. The van der Waals surface area contributed by atoms with E-state index >= 15 is 0 Å². The van der Waals surface area contributed by atoms with Crippen molar-refractivity contribution < 1.29 is 14.4 Å². The Morgan fingerprint density at radius 2 is 2.05 bits per heavy atom. The van der Waals surface area contributed by atoms with E-state index in [1.165, 1.54) is 12.1 Å². The summed E-state index contributed by atoms with van der Waals surface area (Å²) >= 11 is 6.03. The Morgan fingerprint density at radius 3 is 2.53 bits per heavy atom. The summed E-state index contributed by atoms with van der Waals surface area (Å²) in [5.74, 6) is -0.505. The normalized spacial score (nSPS) is 10.8. The Bertz CT molecular complexity index is 616. The fraction of sp³-hybridized carbons (Fsp3) is 0.250. The zero-order chi connectivity index (χ0) is 14.2. The van der Waals surface area contributed by atoms with Gasteiger partial charge in [0.15, 0.2) is 0 Å². The average Bonchev–Trinajstić information content (AvgIpc) is 2.59. The van der Waals surface area contributed by atoms with Crippen LogP contribution in [-0.4, -0.2) is 26.9 Å². The van der Waals surface area contributed by atoms with E-state index in [9.17, 15) is 4.39 Å². The lowest BCUT2D eigenvalue weighted by molar-refractivity contribution is 0.425. The van der Waals surface area contributed by atoms with Crippen LogP contribution in [0.15, 0.2) is 18.2 Å². The van der Waals surface area contributed by atoms with Gasteiger partial charge in [-0.2, -0.15) is 5.10 Å². The molecule has 0 spiro atoms. The van der Waals surface area contributed by atoms with Gasteiger partial charge < -0.3 is 10.0 Å². The SMILES string of the molecule is Cc1nn(Cc2ccc(B(O)O)cc2F)c(C)c1Cl. The van der Waals surface area contributed by atoms with Crippen LogP contribution in [0.3, 0.4) is 0 Å². The highest BCUT2D eigenvalue weighted by Crippen LogP contribution is 2.20. The molecule has 100 valence electrons. The third-order valence-electron chi connectivity index (χ3n) is 2.99. The molecule has 2 aromatic rings. The summed E-state index contributed by atoms with van der Waals surface area (Å²) in [6, 6.07) is 4.08. The largest absolute Gasteiger partial charge is 0.488 e. The van der Waals surface area contributed by atoms with Crippen LogP contribution >= 0.6 is 11.6 Å². The lowest BCUT2D eigenvalue weighted by Crippen LogP contribution is -2.30. The smallest absolute Gasteiger partial charge is 0.423 e. The molecular weight excluding hydrogens is 269 g/mol. The van der Waals surface area contributed by atoms with Crippen LogP contribution in [-0.2, 0) is 6.54 Å². The van der Waals surface area contributed by atoms with Crippen molar-refractivity contribution in [2.24, 2.45) is 0 Å². The number of halogens is 2. The van der Waals surface area contributed by atoms with Gasteiger partial charge in [0.2, 0.25) is 0 Å². The van der Waals surface area contributed by atoms with Gasteiger partial charge in [-0.05, 0) is 25.4 Å². The molecule has 0 atom stereocenters. The predicted octanol–water partition coefficient (Wildman–Crippen LogP) is 1.02. The monoisotopic (exact) mass is 282 g/mol. The minimum Gasteiger partial charge on any atom is -0.423 e. The van der Waals surface area contributed by atoms with Crippen molar-refractivity contribution in [1.82, 2.24) is 9.78 Å². The van der Waals surface area contributed by atoms with Gasteiger partial charge >= 0.3 is 7.12 Å². The quantitative estimate of drug-likeness (QED) is 0.827. The first-order chi connectivity index (χ1) is 8.90. The standard InChI is InChI=1S/C12H13BClFN2O2/c1-7-12(14)8(2)17(16-7)6-9-3-4-10(13(18)19)5-11(9)15/h3-5,18-19H,6H2,1-2H3. The van der Waals surface area contributed by atoms with Crippen LogP contribution in [0.25, 0.3) is 0 Å². The van der Waals surface area contributed by atoms with Crippen molar-refractivity contribution >= 4 is 24.2 Å². The summed E-state index contributed by atoms with van der Waals surface area (Å²) in [5, 5.41) is 22.7. The topological polar surface area (TPSA) is 58.3 Å². The highest BCUT2D eigenvalue weighted by molar-refractivity contribution is 6.58. The Balaban J connectivity index is 2.31. The molecule has 0 aliphatic heterocycles. The van der Waals surface area contributed by atoms with Crippen LogP contribution in [0.2, 0.25) is 5.02 Å². The fourth-order valence-electron chi connectivity index (χ4n) is 1.84. The summed E-state index contributed by atoms with van der Waals surface area (Å²) < 4.78 is 15.5. The minimum atomic E-state index is -1.67. The Kier molecular flexibility index (Phi) is 3.94. The van der Waals surface area contributed by atoms with E-state index in [0.29, 0.717) is 16.3 Å².